The molecule has 8 heteroatoms. The smallest absolute Gasteiger partial charge is 0.323 e. The third-order valence-electron chi connectivity index (χ3n) is 5.00. The van der Waals surface area contributed by atoms with E-state index in [1.807, 2.05) is 60.7 Å². The molecule has 0 saturated heterocycles. The van der Waals surface area contributed by atoms with Gasteiger partial charge < -0.3 is 19.9 Å². The zero-order valence-corrected chi connectivity index (χ0v) is 19.0. The summed E-state index contributed by atoms with van der Waals surface area (Å²) in [5.74, 6) is -1.64. The Morgan fingerprint density at radius 3 is 1.73 bits per heavy atom. The van der Waals surface area contributed by atoms with Crippen molar-refractivity contribution in [2.45, 2.75) is 38.5 Å². The van der Waals surface area contributed by atoms with E-state index in [-0.39, 0.29) is 26.3 Å². The van der Waals surface area contributed by atoms with Crippen LogP contribution in [-0.2, 0) is 41.8 Å². The average molecular weight is 457 g/mol. The van der Waals surface area contributed by atoms with Gasteiger partial charge in [0.25, 0.3) is 0 Å². The second-order valence-electron chi connectivity index (χ2n) is 7.52. The van der Waals surface area contributed by atoms with Crippen molar-refractivity contribution >= 4 is 17.9 Å². The highest BCUT2D eigenvalue weighted by atomic mass is 16.5. The van der Waals surface area contributed by atoms with Crippen LogP contribution < -0.4 is 5.73 Å². The molecule has 2 aromatic rings. The highest BCUT2D eigenvalue weighted by molar-refractivity contribution is 5.80. The Hall–Kier alpha value is -3.23. The van der Waals surface area contributed by atoms with Crippen molar-refractivity contribution in [3.05, 3.63) is 71.8 Å². The van der Waals surface area contributed by atoms with Gasteiger partial charge in [-0.25, -0.2) is 0 Å². The van der Waals surface area contributed by atoms with Gasteiger partial charge in [-0.1, -0.05) is 67.1 Å². The van der Waals surface area contributed by atoms with E-state index in [0.29, 0.717) is 25.8 Å². The highest BCUT2D eigenvalue weighted by Crippen LogP contribution is 2.13. The molecule has 0 spiro atoms. The van der Waals surface area contributed by atoms with Gasteiger partial charge >= 0.3 is 17.9 Å². The fourth-order valence-electron chi connectivity index (χ4n) is 3.24. The van der Waals surface area contributed by atoms with Crippen LogP contribution in [0.2, 0.25) is 0 Å². The molecule has 1 atom stereocenters. The third-order valence-corrected chi connectivity index (χ3v) is 5.00. The summed E-state index contributed by atoms with van der Waals surface area (Å²) in [5.41, 5.74) is 7.25. The summed E-state index contributed by atoms with van der Waals surface area (Å²) in [6, 6.07) is 17.7. The highest BCUT2D eigenvalue weighted by Gasteiger charge is 2.30. The maximum absolute atomic E-state index is 12.5. The number of unbranched alkanes of at least 4 members (excludes halogenated alkanes) is 1. The molecule has 0 aliphatic heterocycles. The molecule has 0 fully saturated rings. The first kappa shape index (κ1) is 26.0. The minimum atomic E-state index is -0.796. The quantitative estimate of drug-likeness (QED) is 0.262. The number of carbonyl (C=O) groups is 3. The van der Waals surface area contributed by atoms with Gasteiger partial charge in [-0.15, -0.1) is 0 Å². The molecular weight excluding hydrogens is 424 g/mol. The van der Waals surface area contributed by atoms with E-state index in [2.05, 4.69) is 0 Å². The minimum Gasteiger partial charge on any atom is -0.468 e. The van der Waals surface area contributed by atoms with Crippen molar-refractivity contribution in [2.24, 2.45) is 5.73 Å². The molecule has 2 N–H and O–H groups in total. The lowest BCUT2D eigenvalue weighted by Crippen LogP contribution is -2.47. The molecule has 2 rings (SSSR count). The van der Waals surface area contributed by atoms with Crippen LogP contribution in [0, 0.1) is 0 Å². The molecule has 0 aromatic heterocycles. The third kappa shape index (κ3) is 9.84. The van der Waals surface area contributed by atoms with Crippen LogP contribution in [0.4, 0.5) is 0 Å². The second kappa shape index (κ2) is 14.8. The van der Waals surface area contributed by atoms with Gasteiger partial charge in [-0.3, -0.25) is 19.3 Å². The molecule has 0 heterocycles. The van der Waals surface area contributed by atoms with Crippen LogP contribution in [0.1, 0.15) is 30.4 Å². The SMILES string of the molecule is COC(=O)C(CCCCN)N(CC(=O)OCc1ccccc1)CC(=O)OCc1ccccc1. The number of benzene rings is 2. The Bertz CT molecular complexity index is 802. The number of carbonyl (C=O) groups excluding carboxylic acids is 3. The molecule has 0 aliphatic rings. The van der Waals surface area contributed by atoms with E-state index in [1.165, 1.54) is 12.0 Å². The maximum Gasteiger partial charge on any atom is 0.323 e. The summed E-state index contributed by atoms with van der Waals surface area (Å²) >= 11 is 0. The van der Waals surface area contributed by atoms with E-state index in [1.54, 1.807) is 0 Å². The molecule has 0 aliphatic carbocycles. The van der Waals surface area contributed by atoms with Crippen LogP contribution in [0.3, 0.4) is 0 Å². The van der Waals surface area contributed by atoms with E-state index in [4.69, 9.17) is 19.9 Å². The van der Waals surface area contributed by atoms with Gasteiger partial charge in [0.2, 0.25) is 0 Å². The fraction of sp³-hybridized carbons (Fsp3) is 0.400. The number of ether oxygens (including phenoxy) is 3. The summed E-state index contributed by atoms with van der Waals surface area (Å²) in [6.45, 7) is 0.168. The van der Waals surface area contributed by atoms with E-state index < -0.39 is 23.9 Å². The molecular formula is C25H32N2O6. The molecule has 0 bridgehead atoms. The number of methoxy groups -OCH3 is 1. The first-order valence-corrected chi connectivity index (χ1v) is 10.9. The monoisotopic (exact) mass is 456 g/mol. The molecule has 2 aromatic carbocycles. The summed E-state index contributed by atoms with van der Waals surface area (Å²) in [5, 5.41) is 0. The molecule has 0 radical (unpaired) electrons. The van der Waals surface area contributed by atoms with Crippen LogP contribution >= 0.6 is 0 Å². The van der Waals surface area contributed by atoms with Gasteiger partial charge in [-0.05, 0) is 30.5 Å². The molecule has 8 nitrogen and oxygen atoms in total. The van der Waals surface area contributed by atoms with Gasteiger partial charge in [0.05, 0.1) is 20.2 Å². The topological polar surface area (TPSA) is 108 Å². The van der Waals surface area contributed by atoms with Gasteiger partial charge in [-0.2, -0.15) is 0 Å². The lowest BCUT2D eigenvalue weighted by atomic mass is 10.1. The lowest BCUT2D eigenvalue weighted by Gasteiger charge is -2.28. The van der Waals surface area contributed by atoms with Crippen molar-refractivity contribution in [3.63, 3.8) is 0 Å². The fourth-order valence-corrected chi connectivity index (χ4v) is 3.24. The lowest BCUT2D eigenvalue weighted by molar-refractivity contribution is -0.156. The van der Waals surface area contributed by atoms with Crippen molar-refractivity contribution in [2.75, 3.05) is 26.7 Å². The molecule has 33 heavy (non-hydrogen) atoms. The van der Waals surface area contributed by atoms with Crippen molar-refractivity contribution in [1.29, 1.82) is 0 Å². The second-order valence-corrected chi connectivity index (χ2v) is 7.52. The van der Waals surface area contributed by atoms with Crippen LogP contribution in [0.15, 0.2) is 60.7 Å². The molecule has 0 amide bonds. The Kier molecular flexibility index (Phi) is 11.6. The van der Waals surface area contributed by atoms with Crippen LogP contribution in [0.25, 0.3) is 0 Å². The van der Waals surface area contributed by atoms with Gasteiger partial charge in [0.15, 0.2) is 0 Å². The van der Waals surface area contributed by atoms with Crippen molar-refractivity contribution in [1.82, 2.24) is 4.90 Å². The number of nitrogens with two attached hydrogens (primary N) is 1. The number of hydrogen-bond acceptors (Lipinski definition) is 8. The Labute approximate surface area is 194 Å². The Morgan fingerprint density at radius 2 is 1.30 bits per heavy atom. The van der Waals surface area contributed by atoms with Crippen molar-refractivity contribution in [3.8, 4) is 0 Å². The average Bonchev–Trinajstić information content (AvgIpc) is 2.84. The van der Waals surface area contributed by atoms with Crippen LogP contribution in [0.5, 0.6) is 0 Å². The first-order chi connectivity index (χ1) is 16.0. The van der Waals surface area contributed by atoms with Crippen LogP contribution in [-0.4, -0.2) is 55.6 Å². The van der Waals surface area contributed by atoms with Gasteiger partial charge in [0, 0.05) is 0 Å². The number of hydrogen-bond donors (Lipinski definition) is 1. The normalized spacial score (nSPS) is 11.6. The zero-order chi connectivity index (χ0) is 23.9. The maximum atomic E-state index is 12.5. The van der Waals surface area contributed by atoms with E-state index in [9.17, 15) is 14.4 Å². The zero-order valence-electron chi connectivity index (χ0n) is 19.0. The molecule has 1 unspecified atom stereocenters. The largest absolute Gasteiger partial charge is 0.468 e. The summed E-state index contributed by atoms with van der Waals surface area (Å²) < 4.78 is 15.6. The predicted molar refractivity (Wildman–Crippen MR) is 123 cm³/mol. The Balaban J connectivity index is 2.04. The molecule has 178 valence electrons. The predicted octanol–water partition coefficient (Wildman–Crippen LogP) is 2.45. The summed E-state index contributed by atoms with van der Waals surface area (Å²) in [6.07, 6.45) is 1.74. The number of nitrogens with zero attached hydrogens (tertiary/aromatic N) is 1. The first-order valence-electron chi connectivity index (χ1n) is 10.9. The molecule has 0 saturated carbocycles. The summed E-state index contributed by atoms with van der Waals surface area (Å²) in [4.78, 5) is 39.0. The Morgan fingerprint density at radius 1 is 0.818 bits per heavy atom. The standard InChI is InChI=1S/C25H32N2O6/c1-31-25(30)22(14-8-9-15-26)27(16-23(28)32-18-20-10-4-2-5-11-20)17-24(29)33-19-21-12-6-3-7-13-21/h2-7,10-13,22H,8-9,14-19,26H2,1H3. The van der Waals surface area contributed by atoms with Crippen molar-refractivity contribution < 1.29 is 28.6 Å². The minimum absolute atomic E-state index is 0.0992. The van der Waals surface area contributed by atoms with Gasteiger partial charge in [0.1, 0.15) is 19.3 Å². The van der Waals surface area contributed by atoms with E-state index >= 15 is 0 Å². The van der Waals surface area contributed by atoms with E-state index in [0.717, 1.165) is 11.1 Å². The summed E-state index contributed by atoms with van der Waals surface area (Å²) in [7, 11) is 1.28. The number of esters is 3. The number of rotatable bonds is 14.